The second-order valence-corrected chi connectivity index (χ2v) is 8.52. The largest absolute Gasteiger partial charge is 0.507 e. The minimum Gasteiger partial charge on any atom is -0.507 e. The molecule has 2 heterocycles. The highest BCUT2D eigenvalue weighted by atomic mass is 16.5. The van der Waals surface area contributed by atoms with Gasteiger partial charge in [0.15, 0.2) is 0 Å². The standard InChI is InChI=1S/C27H27NO6/c1-17(2)16-34-20-11-9-19(10-12-20)25(29)23-24(22-8-5-13-33-22)28(27(31)26(23)30)15-18-6-4-7-21(14-18)32-3/h4-14,17,24,29H,15-16H2,1-3H3/b25-23-. The second-order valence-electron chi connectivity index (χ2n) is 8.52. The van der Waals surface area contributed by atoms with Gasteiger partial charge in [0.2, 0.25) is 0 Å². The van der Waals surface area contributed by atoms with Crippen molar-refractivity contribution in [2.24, 2.45) is 5.92 Å². The van der Waals surface area contributed by atoms with E-state index in [0.717, 1.165) is 5.56 Å². The summed E-state index contributed by atoms with van der Waals surface area (Å²) in [6.45, 7) is 4.82. The number of hydrogen-bond donors (Lipinski definition) is 1. The quantitative estimate of drug-likeness (QED) is 0.290. The molecule has 7 nitrogen and oxygen atoms in total. The van der Waals surface area contributed by atoms with Gasteiger partial charge in [0.1, 0.15) is 29.1 Å². The van der Waals surface area contributed by atoms with Crippen LogP contribution in [0.5, 0.6) is 11.5 Å². The first-order chi connectivity index (χ1) is 16.4. The van der Waals surface area contributed by atoms with Crippen LogP contribution in [-0.4, -0.2) is 35.4 Å². The number of furan rings is 1. The Labute approximate surface area is 198 Å². The van der Waals surface area contributed by atoms with Crippen LogP contribution in [0.3, 0.4) is 0 Å². The third kappa shape index (κ3) is 4.69. The minimum absolute atomic E-state index is 0.0151. The maximum Gasteiger partial charge on any atom is 0.296 e. The predicted molar refractivity (Wildman–Crippen MR) is 126 cm³/mol. The lowest BCUT2D eigenvalue weighted by Crippen LogP contribution is -2.29. The normalized spacial score (nSPS) is 17.4. The first-order valence-corrected chi connectivity index (χ1v) is 11.1. The van der Waals surface area contributed by atoms with Gasteiger partial charge in [-0.05, 0) is 60.0 Å². The molecule has 1 aliphatic rings. The lowest BCUT2D eigenvalue weighted by Gasteiger charge is -2.23. The van der Waals surface area contributed by atoms with Crippen LogP contribution < -0.4 is 9.47 Å². The van der Waals surface area contributed by atoms with E-state index in [9.17, 15) is 14.7 Å². The van der Waals surface area contributed by atoms with E-state index in [-0.39, 0.29) is 17.9 Å². The minimum atomic E-state index is -0.863. The van der Waals surface area contributed by atoms with Gasteiger partial charge in [-0.2, -0.15) is 0 Å². The van der Waals surface area contributed by atoms with E-state index in [4.69, 9.17) is 13.9 Å². The third-order valence-electron chi connectivity index (χ3n) is 5.55. The Morgan fingerprint density at radius 1 is 1.06 bits per heavy atom. The van der Waals surface area contributed by atoms with Crippen LogP contribution >= 0.6 is 0 Å². The number of carbonyl (C=O) groups is 2. The molecule has 7 heteroatoms. The van der Waals surface area contributed by atoms with E-state index < -0.39 is 17.7 Å². The van der Waals surface area contributed by atoms with Crippen LogP contribution in [-0.2, 0) is 16.1 Å². The Kier molecular flexibility index (Phi) is 6.72. The molecule has 1 aliphatic heterocycles. The van der Waals surface area contributed by atoms with Crippen LogP contribution in [0.4, 0.5) is 0 Å². The summed E-state index contributed by atoms with van der Waals surface area (Å²) in [6, 6.07) is 16.6. The van der Waals surface area contributed by atoms with E-state index >= 15 is 0 Å². The SMILES string of the molecule is COc1cccc(CN2C(=O)C(=O)/C(=C(\O)c3ccc(OCC(C)C)cc3)C2c2ccco2)c1. The Hall–Kier alpha value is -4.00. The van der Waals surface area contributed by atoms with Gasteiger partial charge in [-0.3, -0.25) is 9.59 Å². The third-order valence-corrected chi connectivity index (χ3v) is 5.55. The Bertz CT molecular complexity index is 1190. The molecule has 1 unspecified atom stereocenters. The number of rotatable bonds is 8. The number of hydrogen-bond acceptors (Lipinski definition) is 6. The summed E-state index contributed by atoms with van der Waals surface area (Å²) in [5.74, 6) is 0.338. The smallest absolute Gasteiger partial charge is 0.296 e. The molecule has 1 saturated heterocycles. The number of methoxy groups -OCH3 is 1. The summed E-state index contributed by atoms with van der Waals surface area (Å²) in [7, 11) is 1.56. The molecule has 1 aromatic heterocycles. The van der Waals surface area contributed by atoms with Crippen molar-refractivity contribution in [3.63, 3.8) is 0 Å². The highest BCUT2D eigenvalue weighted by molar-refractivity contribution is 6.46. The summed E-state index contributed by atoms with van der Waals surface area (Å²) < 4.78 is 16.6. The van der Waals surface area contributed by atoms with Crippen molar-refractivity contribution < 1.29 is 28.6 Å². The Balaban J connectivity index is 1.71. The summed E-state index contributed by atoms with van der Waals surface area (Å²) in [6.07, 6.45) is 1.47. The number of benzene rings is 2. The molecule has 1 fully saturated rings. The second kappa shape index (κ2) is 9.87. The number of likely N-dealkylation sites (tertiary alicyclic amines) is 1. The van der Waals surface area contributed by atoms with Crippen LogP contribution in [0, 0.1) is 5.92 Å². The van der Waals surface area contributed by atoms with Crippen LogP contribution in [0.1, 0.15) is 36.8 Å². The first-order valence-electron chi connectivity index (χ1n) is 11.1. The lowest BCUT2D eigenvalue weighted by molar-refractivity contribution is -0.140. The fraction of sp³-hybridized carbons (Fsp3) is 0.259. The van der Waals surface area contributed by atoms with Gasteiger partial charge in [-0.1, -0.05) is 26.0 Å². The van der Waals surface area contributed by atoms with Crippen molar-refractivity contribution in [1.29, 1.82) is 0 Å². The maximum absolute atomic E-state index is 13.1. The zero-order valence-electron chi connectivity index (χ0n) is 19.4. The fourth-order valence-corrected chi connectivity index (χ4v) is 3.88. The van der Waals surface area contributed by atoms with Gasteiger partial charge in [0.05, 0.1) is 25.6 Å². The summed E-state index contributed by atoms with van der Waals surface area (Å²) in [5, 5.41) is 11.1. The predicted octanol–water partition coefficient (Wildman–Crippen LogP) is 4.94. The molecule has 0 bridgehead atoms. The molecule has 0 spiro atoms. The van der Waals surface area contributed by atoms with Gasteiger partial charge >= 0.3 is 0 Å². The molecule has 0 saturated carbocycles. The van der Waals surface area contributed by atoms with Crippen LogP contribution in [0.25, 0.3) is 5.76 Å². The van der Waals surface area contributed by atoms with E-state index in [1.807, 2.05) is 12.1 Å². The number of ketones is 1. The number of nitrogens with zero attached hydrogens (tertiary/aromatic N) is 1. The van der Waals surface area contributed by atoms with Gasteiger partial charge in [-0.15, -0.1) is 0 Å². The summed E-state index contributed by atoms with van der Waals surface area (Å²) >= 11 is 0. The molecule has 176 valence electrons. The highest BCUT2D eigenvalue weighted by Crippen LogP contribution is 2.40. The van der Waals surface area contributed by atoms with E-state index in [1.165, 1.54) is 11.2 Å². The zero-order valence-corrected chi connectivity index (χ0v) is 19.4. The molecule has 1 N–H and O–H groups in total. The van der Waals surface area contributed by atoms with Crippen molar-refractivity contribution in [2.75, 3.05) is 13.7 Å². The number of aliphatic hydroxyl groups excluding tert-OH is 1. The monoisotopic (exact) mass is 461 g/mol. The summed E-state index contributed by atoms with van der Waals surface area (Å²) in [4.78, 5) is 27.6. The molecule has 1 atom stereocenters. The van der Waals surface area contributed by atoms with Crippen molar-refractivity contribution in [2.45, 2.75) is 26.4 Å². The Morgan fingerprint density at radius 3 is 2.47 bits per heavy atom. The molecule has 1 amide bonds. The average Bonchev–Trinajstić information content (AvgIpc) is 3.45. The number of Topliss-reactive ketones (excluding diaryl/α,β-unsaturated/α-hetero) is 1. The Morgan fingerprint density at radius 2 is 1.82 bits per heavy atom. The molecule has 4 rings (SSSR count). The highest BCUT2D eigenvalue weighted by Gasteiger charge is 2.47. The van der Waals surface area contributed by atoms with E-state index in [2.05, 4.69) is 13.8 Å². The van der Waals surface area contributed by atoms with E-state index in [1.54, 1.807) is 55.6 Å². The molecular weight excluding hydrogens is 434 g/mol. The molecular formula is C27H27NO6. The zero-order chi connectivity index (χ0) is 24.2. The molecule has 34 heavy (non-hydrogen) atoms. The van der Waals surface area contributed by atoms with Gasteiger partial charge in [0.25, 0.3) is 11.7 Å². The number of carbonyl (C=O) groups excluding carboxylic acids is 2. The topological polar surface area (TPSA) is 89.2 Å². The number of aliphatic hydroxyl groups is 1. The molecule has 0 aliphatic carbocycles. The van der Waals surface area contributed by atoms with Gasteiger partial charge < -0.3 is 23.9 Å². The maximum atomic E-state index is 13.1. The van der Waals surface area contributed by atoms with Crippen molar-refractivity contribution in [1.82, 2.24) is 4.90 Å². The lowest BCUT2D eigenvalue weighted by atomic mass is 9.99. The van der Waals surface area contributed by atoms with Crippen molar-refractivity contribution in [3.05, 3.63) is 89.4 Å². The van der Waals surface area contributed by atoms with Gasteiger partial charge in [-0.25, -0.2) is 0 Å². The molecule has 2 aromatic carbocycles. The van der Waals surface area contributed by atoms with Crippen molar-refractivity contribution in [3.8, 4) is 11.5 Å². The first kappa shape index (κ1) is 23.2. The van der Waals surface area contributed by atoms with Gasteiger partial charge in [0, 0.05) is 12.1 Å². The van der Waals surface area contributed by atoms with Crippen LogP contribution in [0.2, 0.25) is 0 Å². The number of amides is 1. The van der Waals surface area contributed by atoms with Crippen molar-refractivity contribution >= 4 is 17.4 Å². The molecule has 0 radical (unpaired) electrons. The summed E-state index contributed by atoms with van der Waals surface area (Å²) in [5.41, 5.74) is 1.18. The average molecular weight is 462 g/mol. The van der Waals surface area contributed by atoms with Crippen LogP contribution in [0.15, 0.2) is 76.9 Å². The molecule has 3 aromatic rings. The van der Waals surface area contributed by atoms with E-state index in [0.29, 0.717) is 35.3 Å². The number of ether oxygens (including phenoxy) is 2. The fourth-order valence-electron chi connectivity index (χ4n) is 3.88.